The highest BCUT2D eigenvalue weighted by molar-refractivity contribution is 5.83. The van der Waals surface area contributed by atoms with Crippen LogP contribution in [0.25, 0.3) is 0 Å². The minimum absolute atomic E-state index is 0.236. The van der Waals surface area contributed by atoms with Crippen LogP contribution in [0.3, 0.4) is 0 Å². The molecule has 0 bridgehead atoms. The molecule has 0 radical (unpaired) electrons. The first-order chi connectivity index (χ1) is 4.90. The van der Waals surface area contributed by atoms with E-state index in [1.807, 2.05) is 0 Å². The Morgan fingerprint density at radius 2 is 2.00 bits per heavy atom. The third-order valence-corrected chi connectivity index (χ3v) is 1.20. The van der Waals surface area contributed by atoms with Crippen LogP contribution in [-0.4, -0.2) is 17.9 Å². The van der Waals surface area contributed by atoms with Crippen molar-refractivity contribution in [2.24, 2.45) is 0 Å². The maximum Gasteiger partial charge on any atom is 0.324 e. The fourth-order valence-electron chi connectivity index (χ4n) is 0.528. The van der Waals surface area contributed by atoms with Gasteiger partial charge in [0.2, 0.25) is 0 Å². The highest BCUT2D eigenvalue weighted by Crippen LogP contribution is 2.17. The Bertz CT molecular complexity index is 145. The fraction of sp³-hybridized carbons (Fsp3) is 0.857. The van der Waals surface area contributed by atoms with Crippen molar-refractivity contribution in [2.45, 2.75) is 39.2 Å². The number of carbonyl (C=O) groups excluding carboxylic acids is 1. The molecular formula is C7H13F2NO. The fourth-order valence-corrected chi connectivity index (χ4v) is 0.528. The van der Waals surface area contributed by atoms with Crippen LogP contribution >= 0.6 is 0 Å². The molecule has 0 aromatic heterocycles. The zero-order valence-corrected chi connectivity index (χ0v) is 6.95. The molecule has 0 spiro atoms. The van der Waals surface area contributed by atoms with Crippen LogP contribution in [0.2, 0.25) is 0 Å². The van der Waals surface area contributed by atoms with Gasteiger partial charge in [-0.1, -0.05) is 6.92 Å². The predicted octanol–water partition coefficient (Wildman–Crippen LogP) is 1.56. The van der Waals surface area contributed by atoms with E-state index >= 15 is 0 Å². The molecule has 0 aliphatic heterocycles. The van der Waals surface area contributed by atoms with Crippen LogP contribution in [-0.2, 0) is 4.79 Å². The summed E-state index contributed by atoms with van der Waals surface area (Å²) < 4.78 is 25.0. The molecule has 0 fully saturated rings. The standard InChI is InChI=1S/C7H13F2NO/c1-4-7(8,9)6(11)10-5(2)3/h5H,4H2,1-3H3,(H,10,11). The second-order valence-corrected chi connectivity index (χ2v) is 2.69. The van der Waals surface area contributed by atoms with E-state index in [0.717, 1.165) is 0 Å². The molecule has 0 aliphatic carbocycles. The van der Waals surface area contributed by atoms with Gasteiger partial charge in [-0.25, -0.2) is 0 Å². The molecule has 0 rings (SSSR count). The molecule has 1 amide bonds. The summed E-state index contributed by atoms with van der Waals surface area (Å²) in [5.41, 5.74) is 0. The number of nitrogens with one attached hydrogen (secondary N) is 1. The van der Waals surface area contributed by atoms with Gasteiger partial charge in [0, 0.05) is 12.5 Å². The van der Waals surface area contributed by atoms with Crippen LogP contribution < -0.4 is 5.32 Å². The second kappa shape index (κ2) is 3.64. The number of rotatable bonds is 3. The van der Waals surface area contributed by atoms with E-state index in [9.17, 15) is 13.6 Å². The normalized spacial score (nSPS) is 11.8. The highest BCUT2D eigenvalue weighted by Gasteiger charge is 2.36. The molecule has 0 atom stereocenters. The minimum atomic E-state index is -3.22. The zero-order chi connectivity index (χ0) is 9.07. The first-order valence-electron chi connectivity index (χ1n) is 3.59. The van der Waals surface area contributed by atoms with E-state index in [2.05, 4.69) is 5.32 Å². The van der Waals surface area contributed by atoms with Gasteiger partial charge in [0.15, 0.2) is 0 Å². The molecule has 1 N–H and O–H groups in total. The van der Waals surface area contributed by atoms with Crippen LogP contribution in [0.15, 0.2) is 0 Å². The summed E-state index contributed by atoms with van der Waals surface area (Å²) >= 11 is 0. The Hall–Kier alpha value is -0.670. The molecule has 0 saturated heterocycles. The predicted molar refractivity (Wildman–Crippen MR) is 38.5 cm³/mol. The van der Waals surface area contributed by atoms with Crippen LogP contribution in [0.4, 0.5) is 8.78 Å². The number of hydrogen-bond donors (Lipinski definition) is 1. The van der Waals surface area contributed by atoms with Gasteiger partial charge in [0.05, 0.1) is 0 Å². The lowest BCUT2D eigenvalue weighted by Gasteiger charge is -2.15. The van der Waals surface area contributed by atoms with Crippen LogP contribution in [0.5, 0.6) is 0 Å². The van der Waals surface area contributed by atoms with E-state index < -0.39 is 18.3 Å². The summed E-state index contributed by atoms with van der Waals surface area (Å²) in [6.45, 7) is 4.56. The number of hydrogen-bond acceptors (Lipinski definition) is 1. The molecule has 0 aromatic carbocycles. The van der Waals surface area contributed by atoms with Gasteiger partial charge in [0.25, 0.3) is 5.91 Å². The number of amides is 1. The quantitative estimate of drug-likeness (QED) is 0.675. The summed E-state index contributed by atoms with van der Waals surface area (Å²) in [6, 6.07) is -0.236. The van der Waals surface area contributed by atoms with E-state index in [-0.39, 0.29) is 6.04 Å². The maximum absolute atomic E-state index is 12.5. The van der Waals surface area contributed by atoms with Crippen LogP contribution in [0.1, 0.15) is 27.2 Å². The minimum Gasteiger partial charge on any atom is -0.349 e. The van der Waals surface area contributed by atoms with E-state index in [1.54, 1.807) is 13.8 Å². The summed E-state index contributed by atoms with van der Waals surface area (Å²) in [5.74, 6) is -4.40. The topological polar surface area (TPSA) is 29.1 Å². The first-order valence-corrected chi connectivity index (χ1v) is 3.59. The van der Waals surface area contributed by atoms with Crippen molar-refractivity contribution in [1.29, 1.82) is 0 Å². The van der Waals surface area contributed by atoms with Gasteiger partial charge in [-0.2, -0.15) is 8.78 Å². The number of halogens is 2. The molecule has 0 unspecified atom stereocenters. The van der Waals surface area contributed by atoms with Crippen molar-refractivity contribution in [1.82, 2.24) is 5.32 Å². The molecular weight excluding hydrogens is 152 g/mol. The Morgan fingerprint density at radius 1 is 1.55 bits per heavy atom. The monoisotopic (exact) mass is 165 g/mol. The Kier molecular flexibility index (Phi) is 3.42. The van der Waals surface area contributed by atoms with Crippen molar-refractivity contribution < 1.29 is 13.6 Å². The average Bonchev–Trinajstić information content (AvgIpc) is 1.86. The molecule has 11 heavy (non-hydrogen) atoms. The van der Waals surface area contributed by atoms with E-state index in [0.29, 0.717) is 0 Å². The van der Waals surface area contributed by atoms with Crippen molar-refractivity contribution in [3.63, 3.8) is 0 Å². The van der Waals surface area contributed by atoms with Crippen molar-refractivity contribution in [3.8, 4) is 0 Å². The molecule has 0 saturated carbocycles. The summed E-state index contributed by atoms with van der Waals surface area (Å²) in [7, 11) is 0. The number of carbonyl (C=O) groups is 1. The summed E-state index contributed by atoms with van der Waals surface area (Å²) in [5, 5.41) is 2.14. The third kappa shape index (κ3) is 3.30. The first kappa shape index (κ1) is 10.3. The summed E-state index contributed by atoms with van der Waals surface area (Å²) in [4.78, 5) is 10.6. The second-order valence-electron chi connectivity index (χ2n) is 2.69. The molecule has 0 aromatic rings. The molecule has 2 nitrogen and oxygen atoms in total. The number of alkyl halides is 2. The van der Waals surface area contributed by atoms with Crippen molar-refractivity contribution >= 4 is 5.91 Å². The third-order valence-electron chi connectivity index (χ3n) is 1.20. The molecule has 66 valence electrons. The lowest BCUT2D eigenvalue weighted by atomic mass is 10.2. The van der Waals surface area contributed by atoms with Gasteiger partial charge in [0.1, 0.15) is 0 Å². The van der Waals surface area contributed by atoms with Crippen molar-refractivity contribution in [3.05, 3.63) is 0 Å². The largest absolute Gasteiger partial charge is 0.349 e. The van der Waals surface area contributed by atoms with Gasteiger partial charge < -0.3 is 5.32 Å². The lowest BCUT2D eigenvalue weighted by Crippen LogP contribution is -2.42. The SMILES string of the molecule is CCC(F)(F)C(=O)NC(C)C. The molecule has 0 heterocycles. The molecule has 4 heteroatoms. The van der Waals surface area contributed by atoms with Gasteiger partial charge >= 0.3 is 5.92 Å². The summed E-state index contributed by atoms with van der Waals surface area (Å²) in [6.07, 6.45) is -0.453. The maximum atomic E-state index is 12.5. The highest BCUT2D eigenvalue weighted by atomic mass is 19.3. The lowest BCUT2D eigenvalue weighted by molar-refractivity contribution is -0.146. The van der Waals surface area contributed by atoms with Crippen LogP contribution in [0, 0.1) is 0 Å². The van der Waals surface area contributed by atoms with Gasteiger partial charge in [-0.15, -0.1) is 0 Å². The Morgan fingerprint density at radius 3 is 2.27 bits per heavy atom. The van der Waals surface area contributed by atoms with Crippen molar-refractivity contribution in [2.75, 3.05) is 0 Å². The smallest absolute Gasteiger partial charge is 0.324 e. The average molecular weight is 165 g/mol. The molecule has 0 aliphatic rings. The van der Waals surface area contributed by atoms with Gasteiger partial charge in [-0.3, -0.25) is 4.79 Å². The van der Waals surface area contributed by atoms with Gasteiger partial charge in [-0.05, 0) is 13.8 Å². The zero-order valence-electron chi connectivity index (χ0n) is 6.95. The van der Waals surface area contributed by atoms with E-state index in [4.69, 9.17) is 0 Å². The van der Waals surface area contributed by atoms with E-state index in [1.165, 1.54) is 6.92 Å². The Balaban J connectivity index is 4.02. The Labute approximate surface area is 65.0 Å².